The Hall–Kier alpha value is -4.18. The summed E-state index contributed by atoms with van der Waals surface area (Å²) in [5.74, 6) is 2.04. The molecule has 31 heavy (non-hydrogen) atoms. The summed E-state index contributed by atoms with van der Waals surface area (Å²) in [6.45, 7) is 1.23. The molecule has 1 saturated heterocycles. The summed E-state index contributed by atoms with van der Waals surface area (Å²) in [6.07, 6.45) is 3.19. The van der Waals surface area contributed by atoms with Gasteiger partial charge in [-0.1, -0.05) is 18.2 Å². The summed E-state index contributed by atoms with van der Waals surface area (Å²) in [7, 11) is 0. The van der Waals surface area contributed by atoms with Gasteiger partial charge in [-0.05, 0) is 42.8 Å². The average Bonchev–Trinajstić information content (AvgIpc) is 3.41. The molecular weight excluding hydrogens is 390 g/mol. The number of imidazole rings is 1. The van der Waals surface area contributed by atoms with Gasteiger partial charge in [0.2, 0.25) is 5.91 Å². The maximum Gasteiger partial charge on any atom is 0.222 e. The lowest BCUT2D eigenvalue weighted by Crippen LogP contribution is -2.24. The number of amides is 1. The van der Waals surface area contributed by atoms with Crippen LogP contribution in [0.2, 0.25) is 0 Å². The van der Waals surface area contributed by atoms with Crippen molar-refractivity contribution < 1.29 is 9.53 Å². The van der Waals surface area contributed by atoms with E-state index in [9.17, 15) is 10.1 Å². The summed E-state index contributed by atoms with van der Waals surface area (Å²) in [5, 5.41) is 9.20. The van der Waals surface area contributed by atoms with E-state index < -0.39 is 0 Å². The number of likely N-dealkylation sites (tertiary alicyclic amines) is 1. The van der Waals surface area contributed by atoms with Gasteiger partial charge in [-0.15, -0.1) is 0 Å². The van der Waals surface area contributed by atoms with Crippen molar-refractivity contribution in [3.63, 3.8) is 0 Å². The molecule has 0 bridgehead atoms. The quantitative estimate of drug-likeness (QED) is 0.527. The summed E-state index contributed by atoms with van der Waals surface area (Å²) in [5.41, 5.74) is 3.77. The second-order valence-corrected chi connectivity index (χ2v) is 7.44. The van der Waals surface area contributed by atoms with Crippen molar-refractivity contribution >= 4 is 17.1 Å². The maximum absolute atomic E-state index is 12.1. The number of H-pyrrole nitrogens is 1. The third-order valence-corrected chi connectivity index (χ3v) is 5.32. The third-order valence-electron chi connectivity index (χ3n) is 5.32. The lowest BCUT2D eigenvalue weighted by molar-refractivity contribution is -0.128. The lowest BCUT2D eigenvalue weighted by atomic mass is 10.1. The SMILES string of the molecule is N#Cc1cccc(Oc2cc(-c3nc4cccnc4[nH]3)ccc2CN2CCCC2=O)c1. The van der Waals surface area contributed by atoms with Gasteiger partial charge in [-0.3, -0.25) is 4.79 Å². The van der Waals surface area contributed by atoms with E-state index in [2.05, 4.69) is 21.0 Å². The number of benzene rings is 2. The van der Waals surface area contributed by atoms with Crippen LogP contribution in [0.5, 0.6) is 11.5 Å². The average molecular weight is 409 g/mol. The van der Waals surface area contributed by atoms with E-state index >= 15 is 0 Å². The number of nitriles is 1. The minimum atomic E-state index is 0.157. The zero-order valence-corrected chi connectivity index (χ0v) is 16.7. The molecule has 4 aromatic rings. The summed E-state index contributed by atoms with van der Waals surface area (Å²) in [6, 6.07) is 18.7. The van der Waals surface area contributed by atoms with E-state index in [0.717, 1.165) is 29.6 Å². The smallest absolute Gasteiger partial charge is 0.222 e. The predicted octanol–water partition coefficient (Wildman–Crippen LogP) is 4.41. The molecule has 1 amide bonds. The molecule has 0 saturated carbocycles. The third kappa shape index (κ3) is 3.83. The van der Waals surface area contributed by atoms with Crippen molar-refractivity contribution in [3.8, 4) is 29.0 Å². The first-order chi connectivity index (χ1) is 15.2. The Morgan fingerprint density at radius 1 is 1.16 bits per heavy atom. The van der Waals surface area contributed by atoms with E-state index in [-0.39, 0.29) is 5.91 Å². The minimum Gasteiger partial charge on any atom is -0.457 e. The molecule has 0 radical (unpaired) electrons. The Balaban J connectivity index is 1.54. The van der Waals surface area contributed by atoms with Crippen molar-refractivity contribution in [1.29, 1.82) is 5.26 Å². The number of pyridine rings is 1. The van der Waals surface area contributed by atoms with Crippen LogP contribution in [0.3, 0.4) is 0 Å². The Bertz CT molecular complexity index is 1290. The normalized spacial score (nSPS) is 13.5. The number of aromatic amines is 1. The molecule has 2 aromatic carbocycles. The second-order valence-electron chi connectivity index (χ2n) is 7.44. The van der Waals surface area contributed by atoms with E-state index in [4.69, 9.17) is 4.74 Å². The lowest BCUT2D eigenvalue weighted by Gasteiger charge is -2.19. The van der Waals surface area contributed by atoms with Crippen LogP contribution in [0.25, 0.3) is 22.6 Å². The Morgan fingerprint density at radius 3 is 2.90 bits per heavy atom. The number of hydrogen-bond donors (Lipinski definition) is 1. The van der Waals surface area contributed by atoms with Crippen molar-refractivity contribution in [2.45, 2.75) is 19.4 Å². The Morgan fingerprint density at radius 2 is 2.10 bits per heavy atom. The minimum absolute atomic E-state index is 0.157. The molecule has 3 heterocycles. The van der Waals surface area contributed by atoms with Crippen molar-refractivity contribution in [1.82, 2.24) is 19.9 Å². The van der Waals surface area contributed by atoms with Crippen LogP contribution in [0.4, 0.5) is 0 Å². The summed E-state index contributed by atoms with van der Waals surface area (Å²) < 4.78 is 6.19. The number of hydrogen-bond acceptors (Lipinski definition) is 5. The number of nitrogens with zero attached hydrogens (tertiary/aromatic N) is 4. The fraction of sp³-hybridized carbons (Fsp3) is 0.167. The molecule has 2 aromatic heterocycles. The fourth-order valence-electron chi connectivity index (χ4n) is 3.74. The Kier molecular flexibility index (Phi) is 4.81. The van der Waals surface area contributed by atoms with E-state index in [1.165, 1.54) is 0 Å². The van der Waals surface area contributed by atoms with E-state index in [1.807, 2.05) is 41.3 Å². The van der Waals surface area contributed by atoms with Gasteiger partial charge < -0.3 is 14.6 Å². The van der Waals surface area contributed by atoms with Crippen molar-refractivity contribution in [2.24, 2.45) is 0 Å². The summed E-state index contributed by atoms with van der Waals surface area (Å²) in [4.78, 5) is 26.2. The van der Waals surface area contributed by atoms with Crippen LogP contribution < -0.4 is 4.74 Å². The first kappa shape index (κ1) is 18.8. The van der Waals surface area contributed by atoms with Gasteiger partial charge in [-0.25, -0.2) is 9.97 Å². The van der Waals surface area contributed by atoms with Gasteiger partial charge >= 0.3 is 0 Å². The van der Waals surface area contributed by atoms with Gasteiger partial charge in [0.15, 0.2) is 5.65 Å². The zero-order chi connectivity index (χ0) is 21.2. The van der Waals surface area contributed by atoms with Crippen LogP contribution in [-0.4, -0.2) is 32.3 Å². The van der Waals surface area contributed by atoms with Crippen LogP contribution in [0.1, 0.15) is 24.0 Å². The van der Waals surface area contributed by atoms with E-state index in [1.54, 1.807) is 24.4 Å². The first-order valence-corrected chi connectivity index (χ1v) is 10.1. The van der Waals surface area contributed by atoms with Gasteiger partial charge in [0, 0.05) is 36.8 Å². The van der Waals surface area contributed by atoms with Crippen LogP contribution in [0, 0.1) is 11.3 Å². The van der Waals surface area contributed by atoms with Crippen molar-refractivity contribution in [3.05, 3.63) is 71.9 Å². The molecular formula is C24H19N5O2. The molecule has 0 atom stereocenters. The number of nitrogens with one attached hydrogen (secondary N) is 1. The molecule has 7 heteroatoms. The van der Waals surface area contributed by atoms with Gasteiger partial charge in [0.25, 0.3) is 0 Å². The molecule has 0 aliphatic carbocycles. The largest absolute Gasteiger partial charge is 0.457 e. The second kappa shape index (κ2) is 7.92. The van der Waals surface area contributed by atoms with Gasteiger partial charge in [-0.2, -0.15) is 5.26 Å². The maximum atomic E-state index is 12.1. The number of fused-ring (bicyclic) bond motifs is 1. The number of carbonyl (C=O) groups excluding carboxylic acids is 1. The molecule has 1 N–H and O–H groups in total. The molecule has 1 fully saturated rings. The number of ether oxygens (including phenoxy) is 1. The van der Waals surface area contributed by atoms with Crippen LogP contribution in [-0.2, 0) is 11.3 Å². The van der Waals surface area contributed by atoms with Gasteiger partial charge in [0.05, 0.1) is 11.6 Å². The molecule has 0 unspecified atom stereocenters. The predicted molar refractivity (Wildman–Crippen MR) is 115 cm³/mol. The van der Waals surface area contributed by atoms with Gasteiger partial charge in [0.1, 0.15) is 22.8 Å². The molecule has 1 aliphatic heterocycles. The van der Waals surface area contributed by atoms with Crippen LogP contribution >= 0.6 is 0 Å². The first-order valence-electron chi connectivity index (χ1n) is 10.1. The Labute approximate surface area is 178 Å². The fourth-order valence-corrected chi connectivity index (χ4v) is 3.74. The number of carbonyl (C=O) groups is 1. The topological polar surface area (TPSA) is 94.9 Å². The number of aromatic nitrogens is 3. The molecule has 1 aliphatic rings. The molecule has 5 rings (SSSR count). The standard InChI is InChI=1S/C24H19N5O2/c25-14-16-4-1-5-19(12-16)31-21-13-17(23-27-20-6-2-10-26-24(20)28-23)8-9-18(21)15-29-11-3-7-22(29)30/h1-2,4-6,8-10,12-13H,3,7,11,15H2,(H,26,27,28). The molecule has 7 nitrogen and oxygen atoms in total. The highest BCUT2D eigenvalue weighted by Gasteiger charge is 2.22. The van der Waals surface area contributed by atoms with E-state index in [0.29, 0.717) is 41.5 Å². The van der Waals surface area contributed by atoms with Crippen molar-refractivity contribution in [2.75, 3.05) is 6.54 Å². The highest BCUT2D eigenvalue weighted by molar-refractivity contribution is 5.78. The molecule has 152 valence electrons. The van der Waals surface area contributed by atoms with Crippen LogP contribution in [0.15, 0.2) is 60.8 Å². The highest BCUT2D eigenvalue weighted by Crippen LogP contribution is 2.32. The summed E-state index contributed by atoms with van der Waals surface area (Å²) >= 11 is 0. The number of rotatable bonds is 5. The molecule has 0 spiro atoms. The highest BCUT2D eigenvalue weighted by atomic mass is 16.5. The zero-order valence-electron chi connectivity index (χ0n) is 16.7. The monoisotopic (exact) mass is 409 g/mol.